The van der Waals surface area contributed by atoms with Gasteiger partial charge in [0.05, 0.1) is 35.4 Å². The van der Waals surface area contributed by atoms with Gasteiger partial charge in [0.1, 0.15) is 24.0 Å². The zero-order valence-electron chi connectivity index (χ0n) is 27.8. The molecule has 0 radical (unpaired) electrons. The van der Waals surface area contributed by atoms with E-state index in [0.717, 1.165) is 49.4 Å². The molecule has 48 heavy (non-hydrogen) atoms. The normalized spacial score (nSPS) is 24.0. The van der Waals surface area contributed by atoms with Crippen LogP contribution >= 0.6 is 0 Å². The Morgan fingerprint density at radius 2 is 1.96 bits per heavy atom. The summed E-state index contributed by atoms with van der Waals surface area (Å²) in [7, 11) is 0. The van der Waals surface area contributed by atoms with E-state index in [1.165, 1.54) is 25.0 Å². The zero-order valence-corrected chi connectivity index (χ0v) is 27.8. The van der Waals surface area contributed by atoms with Crippen molar-refractivity contribution in [2.75, 3.05) is 49.1 Å². The first-order chi connectivity index (χ1) is 23.1. The van der Waals surface area contributed by atoms with Crippen LogP contribution in [-0.4, -0.2) is 87.7 Å². The molecule has 2 atom stereocenters. The molecule has 6 heterocycles. The molecule has 1 amide bonds. The van der Waals surface area contributed by atoms with Crippen LogP contribution in [0, 0.1) is 23.6 Å². The second kappa shape index (κ2) is 11.4. The van der Waals surface area contributed by atoms with Crippen molar-refractivity contribution in [1.29, 1.82) is 0 Å². The maximum Gasteiger partial charge on any atom is 0.318 e. The molecule has 0 saturated carbocycles. The van der Waals surface area contributed by atoms with Gasteiger partial charge in [-0.1, -0.05) is 32.4 Å². The number of carbonyl (C=O) groups is 1. The van der Waals surface area contributed by atoms with Crippen molar-refractivity contribution < 1.29 is 19.0 Å². The maximum atomic E-state index is 14.9. The Labute approximate surface area is 281 Å². The molecule has 10 heteroatoms. The summed E-state index contributed by atoms with van der Waals surface area (Å²) in [6, 6.07) is 6.73. The Kier molecular flexibility index (Phi) is 7.33. The van der Waals surface area contributed by atoms with Gasteiger partial charge in [-0.2, -0.15) is 9.97 Å². The maximum absolute atomic E-state index is 14.9. The predicted molar refractivity (Wildman–Crippen MR) is 184 cm³/mol. The van der Waals surface area contributed by atoms with Crippen LogP contribution in [0.4, 0.5) is 15.9 Å². The molecule has 0 unspecified atom stereocenters. The van der Waals surface area contributed by atoms with E-state index in [0.29, 0.717) is 61.7 Å². The van der Waals surface area contributed by atoms with E-state index < -0.39 is 5.82 Å². The molecule has 3 aromatic rings. The number of piperazine rings is 1. The van der Waals surface area contributed by atoms with Crippen molar-refractivity contribution in [2.45, 2.75) is 76.5 Å². The number of carbonyl (C=O) groups excluding carboxylic acids is 1. The number of halogens is 1. The van der Waals surface area contributed by atoms with E-state index >= 15 is 0 Å². The average molecular weight is 651 g/mol. The van der Waals surface area contributed by atoms with Crippen molar-refractivity contribution in [1.82, 2.24) is 19.8 Å². The second-order valence-corrected chi connectivity index (χ2v) is 15.0. The van der Waals surface area contributed by atoms with Crippen LogP contribution in [0.25, 0.3) is 10.8 Å². The van der Waals surface area contributed by atoms with Crippen LogP contribution in [-0.2, 0) is 17.8 Å². The number of nitrogens with zero attached hydrogens (tertiary/aromatic N) is 6. The predicted octanol–water partition coefficient (Wildman–Crippen LogP) is 5.03. The van der Waals surface area contributed by atoms with E-state index in [4.69, 9.17) is 21.1 Å². The highest BCUT2D eigenvalue weighted by atomic mass is 19.1. The molecule has 1 aromatic heterocycles. The molecule has 0 spiro atoms. The van der Waals surface area contributed by atoms with Crippen LogP contribution in [0.2, 0.25) is 0 Å². The summed E-state index contributed by atoms with van der Waals surface area (Å²) in [5.41, 5.74) is 2.76. The molecule has 1 N–H and O–H groups in total. The molecular weight excluding hydrogens is 607 g/mol. The summed E-state index contributed by atoms with van der Waals surface area (Å²) in [5, 5.41) is 12.0. The molecule has 2 aromatic carbocycles. The van der Waals surface area contributed by atoms with Gasteiger partial charge in [-0.25, -0.2) is 4.39 Å². The summed E-state index contributed by atoms with van der Waals surface area (Å²) < 4.78 is 21.5. The molecule has 0 aliphatic carbocycles. The fraction of sp³-hybridized carbons (Fsp3) is 0.500. The molecule has 4 fully saturated rings. The molecular formula is C38H43FN6O3. The van der Waals surface area contributed by atoms with Crippen LogP contribution < -0.4 is 14.5 Å². The van der Waals surface area contributed by atoms with Gasteiger partial charge in [-0.15, -0.1) is 6.42 Å². The Balaban J connectivity index is 1.18. The number of fused-ring (bicyclic) bond motifs is 5. The van der Waals surface area contributed by atoms with Crippen LogP contribution in [0.3, 0.4) is 0 Å². The molecule has 9 nitrogen and oxygen atoms in total. The van der Waals surface area contributed by atoms with Gasteiger partial charge >= 0.3 is 6.01 Å². The monoisotopic (exact) mass is 650 g/mol. The Morgan fingerprint density at radius 1 is 1.17 bits per heavy atom. The molecule has 2 bridgehead atoms. The molecule has 4 saturated heterocycles. The largest absolute Gasteiger partial charge is 0.508 e. The van der Waals surface area contributed by atoms with E-state index in [-0.39, 0.29) is 40.3 Å². The first-order valence-corrected chi connectivity index (χ1v) is 17.2. The highest BCUT2D eigenvalue weighted by Crippen LogP contribution is 2.46. The fourth-order valence-corrected chi connectivity index (χ4v) is 9.48. The lowest BCUT2D eigenvalue weighted by molar-refractivity contribution is -0.130. The number of rotatable bonds is 6. The number of benzene rings is 2. The topological polar surface area (TPSA) is 85.3 Å². The summed E-state index contributed by atoms with van der Waals surface area (Å²) in [5.74, 6) is 3.02. The number of terminal acetylenes is 1. The number of phenols is 1. The second-order valence-electron chi connectivity index (χ2n) is 15.0. The number of hydrogen-bond acceptors (Lipinski definition) is 8. The zero-order chi connectivity index (χ0) is 33.4. The van der Waals surface area contributed by atoms with Gasteiger partial charge < -0.3 is 24.5 Å². The third kappa shape index (κ3) is 4.89. The van der Waals surface area contributed by atoms with Gasteiger partial charge in [-0.3, -0.25) is 9.69 Å². The standard InChI is InChI=1S/C38H43FN6O3/c1-5-27-29(39)10-9-24-17-26(46)18-31(34(24)27)42-16-11-28-30(21-42)40-36(48-23-38-12-7-14-44(38)15-8-13-38)41-35(28)43-20-25-19-37(3,4)32(22-43)45(25)33(47)6-2/h1,6,9-10,17-18,25,32,46H,2,7-8,11-16,19-23H2,3-4H3/t25-,32-/m1/s1. The fourth-order valence-electron chi connectivity index (χ4n) is 9.48. The SMILES string of the molecule is C#Cc1c(F)ccc2cc(O)cc(N3CCc4c(nc(OCC56CCCN5CCC6)nc4N4C[C@H]5CC(C)(C)[C@@H](C4)N5C(=O)C=C)C3)c12. The van der Waals surface area contributed by atoms with Gasteiger partial charge in [0.25, 0.3) is 0 Å². The number of aromatic hydroxyl groups is 1. The Morgan fingerprint density at radius 3 is 2.69 bits per heavy atom. The van der Waals surface area contributed by atoms with Crippen molar-refractivity contribution in [3.63, 3.8) is 0 Å². The quantitative estimate of drug-likeness (QED) is 0.294. The lowest BCUT2D eigenvalue weighted by Crippen LogP contribution is -2.57. The van der Waals surface area contributed by atoms with Crippen molar-refractivity contribution in [3.8, 4) is 24.1 Å². The smallest absolute Gasteiger partial charge is 0.318 e. The molecule has 5 aliphatic heterocycles. The van der Waals surface area contributed by atoms with Gasteiger partial charge in [0, 0.05) is 42.3 Å². The molecule has 250 valence electrons. The summed E-state index contributed by atoms with van der Waals surface area (Å²) >= 11 is 0. The summed E-state index contributed by atoms with van der Waals surface area (Å²) in [6.45, 7) is 13.4. The van der Waals surface area contributed by atoms with E-state index in [2.05, 4.69) is 41.0 Å². The summed E-state index contributed by atoms with van der Waals surface area (Å²) in [6.07, 6.45) is 13.4. The van der Waals surface area contributed by atoms with Crippen molar-refractivity contribution in [2.24, 2.45) is 5.41 Å². The van der Waals surface area contributed by atoms with Crippen molar-refractivity contribution in [3.05, 3.63) is 59.6 Å². The highest BCUT2D eigenvalue weighted by Gasteiger charge is 2.52. The van der Waals surface area contributed by atoms with E-state index in [1.807, 2.05) is 4.90 Å². The van der Waals surface area contributed by atoms with E-state index in [1.54, 1.807) is 18.2 Å². The third-order valence-electron chi connectivity index (χ3n) is 11.8. The first kappa shape index (κ1) is 30.9. The third-order valence-corrected chi connectivity index (χ3v) is 11.8. The molecule has 5 aliphatic rings. The Bertz CT molecular complexity index is 1860. The van der Waals surface area contributed by atoms with Crippen LogP contribution in [0.15, 0.2) is 36.9 Å². The minimum absolute atomic E-state index is 0.0161. The lowest BCUT2D eigenvalue weighted by Gasteiger charge is -2.44. The summed E-state index contributed by atoms with van der Waals surface area (Å²) in [4.78, 5) is 32.2. The minimum atomic E-state index is -0.464. The Hall–Kier alpha value is -4.36. The van der Waals surface area contributed by atoms with Crippen LogP contribution in [0.1, 0.15) is 62.8 Å². The average Bonchev–Trinajstić information content (AvgIpc) is 3.70. The first-order valence-electron chi connectivity index (χ1n) is 17.2. The lowest BCUT2D eigenvalue weighted by atomic mass is 9.84. The number of amides is 1. The molecule has 8 rings (SSSR count). The van der Waals surface area contributed by atoms with Gasteiger partial charge in [-0.05, 0) is 80.6 Å². The van der Waals surface area contributed by atoms with Crippen molar-refractivity contribution >= 4 is 28.2 Å². The van der Waals surface area contributed by atoms with E-state index in [9.17, 15) is 14.3 Å². The number of phenolic OH excluding ortho intramolecular Hbond substituents is 1. The number of hydrogen-bond donors (Lipinski definition) is 1. The van der Waals surface area contributed by atoms with Crippen LogP contribution in [0.5, 0.6) is 11.8 Å². The number of anilines is 2. The number of ether oxygens (including phenoxy) is 1. The number of aromatic nitrogens is 2. The van der Waals surface area contributed by atoms with Gasteiger partial charge in [0.15, 0.2) is 0 Å². The van der Waals surface area contributed by atoms with Gasteiger partial charge in [0.2, 0.25) is 5.91 Å². The highest BCUT2D eigenvalue weighted by molar-refractivity contribution is 6.00. The minimum Gasteiger partial charge on any atom is -0.508 e.